The van der Waals surface area contributed by atoms with Gasteiger partial charge in [-0.1, -0.05) is 11.6 Å². The van der Waals surface area contributed by atoms with Crippen molar-refractivity contribution in [3.63, 3.8) is 0 Å². The first kappa shape index (κ1) is 14.9. The molecule has 0 saturated carbocycles. The lowest BCUT2D eigenvalue weighted by Crippen LogP contribution is -2.19. The van der Waals surface area contributed by atoms with Crippen LogP contribution in [0.3, 0.4) is 0 Å². The van der Waals surface area contributed by atoms with E-state index in [-0.39, 0.29) is 12.5 Å². The average Bonchev–Trinajstić information content (AvgIpc) is 2.86. The van der Waals surface area contributed by atoms with Crippen LogP contribution in [0.25, 0.3) is 0 Å². The number of amides is 1. The Hall–Kier alpha value is -1.53. The van der Waals surface area contributed by atoms with Crippen molar-refractivity contribution < 1.29 is 9.53 Å². The summed E-state index contributed by atoms with van der Waals surface area (Å²) < 4.78 is 7.75. The third-order valence-electron chi connectivity index (χ3n) is 2.44. The number of aromatic nitrogens is 2. The maximum absolute atomic E-state index is 12.0. The second-order valence-electron chi connectivity index (χ2n) is 3.95. The molecule has 7 heteroatoms. The third kappa shape index (κ3) is 3.74. The maximum Gasteiger partial charge on any atom is 0.246 e. The fourth-order valence-corrected chi connectivity index (χ4v) is 2.60. The van der Waals surface area contributed by atoms with Crippen molar-refractivity contribution in [3.8, 4) is 5.75 Å². The first-order valence-corrected chi connectivity index (χ1v) is 7.16. The van der Waals surface area contributed by atoms with Crippen LogP contribution < -0.4 is 10.1 Å². The number of benzene rings is 1. The first-order chi connectivity index (χ1) is 9.60. The predicted molar refractivity (Wildman–Crippen MR) is 81.2 cm³/mol. The highest BCUT2D eigenvalue weighted by Gasteiger charge is 2.13. The molecule has 2 aromatic rings. The molecule has 0 unspecified atom stereocenters. The first-order valence-electron chi connectivity index (χ1n) is 5.99. The molecule has 1 N–H and O–H groups in total. The Morgan fingerprint density at radius 3 is 3.00 bits per heavy atom. The molecule has 1 aromatic heterocycles. The van der Waals surface area contributed by atoms with Crippen molar-refractivity contribution in [2.45, 2.75) is 13.5 Å². The lowest BCUT2D eigenvalue weighted by molar-refractivity contribution is -0.116. The van der Waals surface area contributed by atoms with Crippen LogP contribution in [0.5, 0.6) is 5.75 Å². The average molecular weight is 359 g/mol. The SMILES string of the molecule is CCOc1c(Br)cc(Cl)cc1NC(=O)Cn1cccn1. The number of hydrogen-bond acceptors (Lipinski definition) is 3. The molecule has 1 aromatic carbocycles. The van der Waals surface area contributed by atoms with Crippen LogP contribution in [0, 0.1) is 0 Å². The van der Waals surface area contributed by atoms with Gasteiger partial charge in [-0.15, -0.1) is 0 Å². The second-order valence-corrected chi connectivity index (χ2v) is 5.24. The number of ether oxygens (including phenoxy) is 1. The molecule has 0 aliphatic heterocycles. The van der Waals surface area contributed by atoms with E-state index in [4.69, 9.17) is 16.3 Å². The fraction of sp³-hybridized carbons (Fsp3) is 0.231. The summed E-state index contributed by atoms with van der Waals surface area (Å²) in [6.07, 6.45) is 3.34. The van der Waals surface area contributed by atoms with E-state index in [1.807, 2.05) is 6.92 Å². The molecule has 0 spiro atoms. The van der Waals surface area contributed by atoms with E-state index in [1.54, 1.807) is 30.6 Å². The molecule has 5 nitrogen and oxygen atoms in total. The normalized spacial score (nSPS) is 10.3. The Morgan fingerprint density at radius 2 is 2.35 bits per heavy atom. The quantitative estimate of drug-likeness (QED) is 0.892. The minimum Gasteiger partial charge on any atom is -0.491 e. The van der Waals surface area contributed by atoms with Crippen LogP contribution in [0.2, 0.25) is 5.02 Å². The van der Waals surface area contributed by atoms with Gasteiger partial charge in [-0.05, 0) is 41.1 Å². The molecule has 0 bridgehead atoms. The molecular formula is C13H13BrClN3O2. The summed E-state index contributed by atoms with van der Waals surface area (Å²) in [6, 6.07) is 5.13. The van der Waals surface area contributed by atoms with Gasteiger partial charge in [0.05, 0.1) is 16.8 Å². The van der Waals surface area contributed by atoms with Crippen LogP contribution in [0.15, 0.2) is 35.1 Å². The molecule has 0 aliphatic carbocycles. The molecule has 106 valence electrons. The topological polar surface area (TPSA) is 56.1 Å². The summed E-state index contributed by atoms with van der Waals surface area (Å²) in [4.78, 5) is 12.0. The predicted octanol–water partition coefficient (Wildman–Crippen LogP) is 3.34. The van der Waals surface area contributed by atoms with Crippen molar-refractivity contribution >= 4 is 39.1 Å². The number of nitrogens with one attached hydrogen (secondary N) is 1. The number of carbonyl (C=O) groups is 1. The van der Waals surface area contributed by atoms with Gasteiger partial charge in [-0.2, -0.15) is 5.10 Å². The van der Waals surface area contributed by atoms with Crippen molar-refractivity contribution in [3.05, 3.63) is 40.1 Å². The molecule has 0 aliphatic rings. The van der Waals surface area contributed by atoms with Gasteiger partial charge in [0.2, 0.25) is 5.91 Å². The third-order valence-corrected chi connectivity index (χ3v) is 3.24. The summed E-state index contributed by atoms with van der Waals surface area (Å²) in [5.74, 6) is 0.356. The largest absolute Gasteiger partial charge is 0.491 e. The van der Waals surface area contributed by atoms with E-state index < -0.39 is 0 Å². The summed E-state index contributed by atoms with van der Waals surface area (Å²) >= 11 is 9.37. The highest BCUT2D eigenvalue weighted by molar-refractivity contribution is 9.10. The zero-order chi connectivity index (χ0) is 14.5. The number of hydrogen-bond donors (Lipinski definition) is 1. The summed E-state index contributed by atoms with van der Waals surface area (Å²) in [6.45, 7) is 2.49. The van der Waals surface area contributed by atoms with Gasteiger partial charge in [-0.25, -0.2) is 0 Å². The number of halogens is 2. The number of nitrogens with zero attached hydrogens (tertiary/aromatic N) is 2. The zero-order valence-corrected chi connectivity index (χ0v) is 13.1. The Morgan fingerprint density at radius 1 is 1.55 bits per heavy atom. The minimum absolute atomic E-state index is 0.128. The zero-order valence-electron chi connectivity index (χ0n) is 10.8. The van der Waals surface area contributed by atoms with Crippen molar-refractivity contribution in [1.82, 2.24) is 9.78 Å². The van der Waals surface area contributed by atoms with Crippen LogP contribution in [0.1, 0.15) is 6.92 Å². The number of carbonyl (C=O) groups excluding carboxylic acids is 1. The van der Waals surface area contributed by atoms with Gasteiger partial charge in [-0.3, -0.25) is 9.48 Å². The molecule has 0 atom stereocenters. The maximum atomic E-state index is 12.0. The minimum atomic E-state index is -0.205. The van der Waals surface area contributed by atoms with Gasteiger partial charge >= 0.3 is 0 Å². The summed E-state index contributed by atoms with van der Waals surface area (Å²) in [5, 5.41) is 7.27. The second kappa shape index (κ2) is 6.76. The van der Waals surface area contributed by atoms with Gasteiger partial charge in [0.1, 0.15) is 6.54 Å². The van der Waals surface area contributed by atoms with Crippen molar-refractivity contribution in [1.29, 1.82) is 0 Å². The highest BCUT2D eigenvalue weighted by Crippen LogP contribution is 2.36. The smallest absolute Gasteiger partial charge is 0.246 e. The van der Waals surface area contributed by atoms with Crippen LogP contribution in [-0.2, 0) is 11.3 Å². The Bertz CT molecular complexity index is 602. The Kier molecular flexibility index (Phi) is 5.03. The Labute approximate surface area is 130 Å². The molecule has 0 fully saturated rings. The van der Waals surface area contributed by atoms with Gasteiger partial charge in [0.25, 0.3) is 0 Å². The van der Waals surface area contributed by atoms with Crippen molar-refractivity contribution in [2.75, 3.05) is 11.9 Å². The van der Waals surface area contributed by atoms with E-state index in [0.717, 1.165) is 0 Å². The van der Waals surface area contributed by atoms with E-state index in [9.17, 15) is 4.79 Å². The Balaban J connectivity index is 2.17. The molecular weight excluding hydrogens is 346 g/mol. The van der Waals surface area contributed by atoms with Gasteiger partial charge < -0.3 is 10.1 Å². The fourth-order valence-electron chi connectivity index (χ4n) is 1.68. The monoisotopic (exact) mass is 357 g/mol. The lowest BCUT2D eigenvalue weighted by atomic mass is 10.3. The summed E-state index contributed by atoms with van der Waals surface area (Å²) in [7, 11) is 0. The van der Waals surface area contributed by atoms with Gasteiger partial charge in [0, 0.05) is 17.4 Å². The van der Waals surface area contributed by atoms with Crippen LogP contribution >= 0.6 is 27.5 Å². The van der Waals surface area contributed by atoms with E-state index >= 15 is 0 Å². The molecule has 0 saturated heterocycles. The van der Waals surface area contributed by atoms with E-state index in [2.05, 4.69) is 26.3 Å². The molecule has 2 rings (SSSR count). The highest BCUT2D eigenvalue weighted by atomic mass is 79.9. The molecule has 20 heavy (non-hydrogen) atoms. The van der Waals surface area contributed by atoms with E-state index in [1.165, 1.54) is 4.68 Å². The molecule has 1 amide bonds. The van der Waals surface area contributed by atoms with Crippen LogP contribution in [0.4, 0.5) is 5.69 Å². The number of anilines is 1. The summed E-state index contributed by atoms with van der Waals surface area (Å²) in [5.41, 5.74) is 0.531. The number of rotatable bonds is 5. The standard InChI is InChI=1S/C13H13BrClN3O2/c1-2-20-13-10(14)6-9(15)7-11(13)17-12(19)8-18-5-3-4-16-18/h3-7H,2,8H2,1H3,(H,17,19). The lowest BCUT2D eigenvalue weighted by Gasteiger charge is -2.14. The van der Waals surface area contributed by atoms with E-state index in [0.29, 0.717) is 27.5 Å². The van der Waals surface area contributed by atoms with Crippen LogP contribution in [-0.4, -0.2) is 22.3 Å². The molecule has 0 radical (unpaired) electrons. The van der Waals surface area contributed by atoms with Gasteiger partial charge in [0.15, 0.2) is 5.75 Å². The van der Waals surface area contributed by atoms with Crippen molar-refractivity contribution in [2.24, 2.45) is 0 Å². The molecule has 1 heterocycles.